The fraction of sp³-hybridized carbons (Fsp3) is 0.562. The maximum atomic E-state index is 12.4. The Bertz CT molecular complexity index is 583. The first kappa shape index (κ1) is 16.0. The van der Waals surface area contributed by atoms with E-state index in [1.54, 1.807) is 4.90 Å². The van der Waals surface area contributed by atoms with Gasteiger partial charge in [-0.2, -0.15) is 0 Å². The van der Waals surface area contributed by atoms with Gasteiger partial charge in [0.1, 0.15) is 5.25 Å². The summed E-state index contributed by atoms with van der Waals surface area (Å²) in [5.41, 5.74) is 1.26. The second-order valence-corrected chi connectivity index (χ2v) is 8.19. The van der Waals surface area contributed by atoms with Crippen LogP contribution in [0, 0.1) is 0 Å². The smallest absolute Gasteiger partial charge is 0.240 e. The van der Waals surface area contributed by atoms with Crippen molar-refractivity contribution in [1.29, 1.82) is 0 Å². The number of hydrogen-bond acceptors (Lipinski definition) is 3. The zero-order valence-corrected chi connectivity index (χ0v) is 13.5. The van der Waals surface area contributed by atoms with E-state index in [1.807, 2.05) is 18.2 Å². The molecule has 0 saturated carbocycles. The molecule has 0 spiro atoms. The van der Waals surface area contributed by atoms with Crippen LogP contribution >= 0.6 is 0 Å². The van der Waals surface area contributed by atoms with Crippen LogP contribution in [0.3, 0.4) is 0 Å². The minimum atomic E-state index is -3.32. The average molecular weight is 309 g/mol. The van der Waals surface area contributed by atoms with Gasteiger partial charge in [-0.05, 0) is 38.2 Å². The molecule has 0 radical (unpaired) electrons. The lowest BCUT2D eigenvalue weighted by Crippen LogP contribution is -2.43. The number of nitrogens with zero attached hydrogens (tertiary/aromatic N) is 1. The van der Waals surface area contributed by atoms with Gasteiger partial charge in [-0.15, -0.1) is 0 Å². The van der Waals surface area contributed by atoms with E-state index < -0.39 is 15.1 Å². The summed E-state index contributed by atoms with van der Waals surface area (Å²) in [6, 6.07) is 10.3. The number of carbonyl (C=O) groups is 1. The highest BCUT2D eigenvalue weighted by Gasteiger charge is 2.34. The van der Waals surface area contributed by atoms with Crippen LogP contribution in [0.25, 0.3) is 0 Å². The number of amides is 1. The Balaban J connectivity index is 1.99. The summed E-state index contributed by atoms with van der Waals surface area (Å²) in [4.78, 5) is 14.1. The molecule has 1 aromatic carbocycles. The zero-order chi connectivity index (χ0) is 15.5. The molecular weight excluding hydrogens is 286 g/mol. The lowest BCUT2D eigenvalue weighted by molar-refractivity contribution is -0.131. The molecule has 5 heteroatoms. The Labute approximate surface area is 127 Å². The number of rotatable bonds is 5. The van der Waals surface area contributed by atoms with Crippen molar-refractivity contribution in [3.63, 3.8) is 0 Å². The van der Waals surface area contributed by atoms with Gasteiger partial charge in [-0.3, -0.25) is 4.79 Å². The fourth-order valence-electron chi connectivity index (χ4n) is 2.82. The Morgan fingerprint density at radius 3 is 2.62 bits per heavy atom. The minimum Gasteiger partial charge on any atom is -0.339 e. The van der Waals surface area contributed by atoms with E-state index in [1.165, 1.54) is 12.5 Å². The summed E-state index contributed by atoms with van der Waals surface area (Å²) in [6.45, 7) is 2.17. The number of hydrogen-bond donors (Lipinski definition) is 0. The highest BCUT2D eigenvalue weighted by Crippen LogP contribution is 2.23. The molecule has 1 saturated heterocycles. The van der Waals surface area contributed by atoms with E-state index in [4.69, 9.17) is 0 Å². The van der Waals surface area contributed by atoms with E-state index in [9.17, 15) is 13.2 Å². The molecule has 1 fully saturated rings. The topological polar surface area (TPSA) is 54.5 Å². The van der Waals surface area contributed by atoms with Crippen molar-refractivity contribution in [2.24, 2.45) is 0 Å². The van der Waals surface area contributed by atoms with Gasteiger partial charge in [0.25, 0.3) is 0 Å². The molecule has 1 amide bonds. The molecule has 0 aromatic heterocycles. The molecule has 116 valence electrons. The number of benzene rings is 1. The number of sulfone groups is 1. The van der Waals surface area contributed by atoms with Crippen molar-refractivity contribution in [1.82, 2.24) is 4.90 Å². The summed E-state index contributed by atoms with van der Waals surface area (Å²) in [7, 11) is -3.32. The minimum absolute atomic E-state index is 0.168. The molecule has 1 aliphatic heterocycles. The highest BCUT2D eigenvalue weighted by atomic mass is 32.2. The van der Waals surface area contributed by atoms with Crippen LogP contribution in [0.4, 0.5) is 0 Å². The Hall–Kier alpha value is -1.36. The highest BCUT2D eigenvalue weighted by molar-refractivity contribution is 7.92. The van der Waals surface area contributed by atoms with E-state index in [0.717, 1.165) is 31.9 Å². The third-order valence-electron chi connectivity index (χ3n) is 4.26. The molecule has 2 rings (SSSR count). The summed E-state index contributed by atoms with van der Waals surface area (Å²) in [6.07, 6.45) is 4.87. The molecule has 2 atom stereocenters. The number of aryl methyl sites for hydroxylation is 1. The molecule has 1 aromatic rings. The SMILES string of the molecule is C[C@@H](C(=O)N1CCC[C@H]1CCc1ccccc1)S(C)(=O)=O. The van der Waals surface area contributed by atoms with E-state index in [-0.39, 0.29) is 11.9 Å². The first-order valence-corrected chi connectivity index (χ1v) is 9.38. The molecule has 0 unspecified atom stereocenters. The first-order chi connectivity index (χ1) is 9.89. The van der Waals surface area contributed by atoms with Gasteiger partial charge < -0.3 is 4.90 Å². The molecule has 21 heavy (non-hydrogen) atoms. The van der Waals surface area contributed by atoms with Crippen LogP contribution in [0.5, 0.6) is 0 Å². The monoisotopic (exact) mass is 309 g/mol. The third-order valence-corrected chi connectivity index (χ3v) is 5.75. The summed E-state index contributed by atoms with van der Waals surface area (Å²) >= 11 is 0. The molecule has 4 nitrogen and oxygen atoms in total. The van der Waals surface area contributed by atoms with Gasteiger partial charge in [-0.25, -0.2) is 8.42 Å². The van der Waals surface area contributed by atoms with Crippen LogP contribution in [0.2, 0.25) is 0 Å². The maximum absolute atomic E-state index is 12.4. The second kappa shape index (κ2) is 6.60. The van der Waals surface area contributed by atoms with E-state index in [0.29, 0.717) is 6.54 Å². The van der Waals surface area contributed by atoms with Crippen molar-refractivity contribution in [3.8, 4) is 0 Å². The van der Waals surface area contributed by atoms with Gasteiger partial charge in [0.05, 0.1) is 0 Å². The van der Waals surface area contributed by atoms with Crippen molar-refractivity contribution < 1.29 is 13.2 Å². The van der Waals surface area contributed by atoms with Gasteiger partial charge in [0, 0.05) is 18.8 Å². The van der Waals surface area contributed by atoms with Crippen molar-refractivity contribution in [2.75, 3.05) is 12.8 Å². The largest absolute Gasteiger partial charge is 0.339 e. The van der Waals surface area contributed by atoms with Crippen molar-refractivity contribution in [2.45, 2.75) is 43.9 Å². The molecule has 0 aliphatic carbocycles. The van der Waals surface area contributed by atoms with Crippen LogP contribution < -0.4 is 0 Å². The Kier molecular flexibility index (Phi) is 5.04. The lowest BCUT2D eigenvalue weighted by atomic mass is 10.0. The Morgan fingerprint density at radius 2 is 2.00 bits per heavy atom. The van der Waals surface area contributed by atoms with E-state index in [2.05, 4.69) is 12.1 Å². The number of likely N-dealkylation sites (tertiary alicyclic amines) is 1. The fourth-order valence-corrected chi connectivity index (χ4v) is 3.32. The van der Waals surface area contributed by atoms with Crippen LogP contribution in [0.15, 0.2) is 30.3 Å². The van der Waals surface area contributed by atoms with Crippen LogP contribution in [-0.2, 0) is 21.1 Å². The second-order valence-electron chi connectivity index (χ2n) is 5.82. The average Bonchev–Trinajstić information content (AvgIpc) is 2.92. The summed E-state index contributed by atoms with van der Waals surface area (Å²) in [5.74, 6) is -0.243. The molecule has 1 aliphatic rings. The molecule has 1 heterocycles. The van der Waals surface area contributed by atoms with Crippen LogP contribution in [0.1, 0.15) is 31.7 Å². The summed E-state index contributed by atoms with van der Waals surface area (Å²) in [5, 5.41) is -0.935. The van der Waals surface area contributed by atoms with Gasteiger partial charge in [-0.1, -0.05) is 30.3 Å². The summed E-state index contributed by atoms with van der Waals surface area (Å²) < 4.78 is 23.1. The van der Waals surface area contributed by atoms with Crippen molar-refractivity contribution in [3.05, 3.63) is 35.9 Å². The van der Waals surface area contributed by atoms with Gasteiger partial charge >= 0.3 is 0 Å². The maximum Gasteiger partial charge on any atom is 0.240 e. The van der Waals surface area contributed by atoms with Crippen molar-refractivity contribution >= 4 is 15.7 Å². The van der Waals surface area contributed by atoms with Gasteiger partial charge in [0.15, 0.2) is 9.84 Å². The molecule has 0 N–H and O–H groups in total. The standard InChI is InChI=1S/C16H23NO3S/c1-13(21(2,19)20)16(18)17-12-6-9-15(17)11-10-14-7-4-3-5-8-14/h3-5,7-8,13,15H,6,9-12H2,1-2H3/t13-,15-/m0/s1. The van der Waals surface area contributed by atoms with Gasteiger partial charge in [0.2, 0.25) is 5.91 Å². The molecule has 0 bridgehead atoms. The third kappa shape index (κ3) is 4.06. The predicted octanol–water partition coefficient (Wildman–Crippen LogP) is 2.04. The van der Waals surface area contributed by atoms with E-state index >= 15 is 0 Å². The quantitative estimate of drug-likeness (QED) is 0.836. The normalized spacial score (nSPS) is 20.5. The molecular formula is C16H23NO3S. The predicted molar refractivity (Wildman–Crippen MR) is 83.8 cm³/mol. The Morgan fingerprint density at radius 1 is 1.33 bits per heavy atom. The zero-order valence-electron chi connectivity index (χ0n) is 12.7. The van der Waals surface area contributed by atoms with Crippen LogP contribution in [-0.4, -0.2) is 43.3 Å². The lowest BCUT2D eigenvalue weighted by Gasteiger charge is -2.27. The number of carbonyl (C=O) groups excluding carboxylic acids is 1. The first-order valence-electron chi connectivity index (χ1n) is 7.43.